The summed E-state index contributed by atoms with van der Waals surface area (Å²) in [5, 5.41) is 21.0. The number of esters is 1. The van der Waals surface area contributed by atoms with Crippen LogP contribution < -0.4 is 20.4 Å². The molecule has 3 saturated heterocycles. The first-order chi connectivity index (χ1) is 30.1. The Morgan fingerprint density at radius 1 is 0.746 bits per heavy atom. The highest BCUT2D eigenvalue weighted by Gasteiger charge is 2.36. The number of ether oxygens (including phenoxy) is 3. The fourth-order valence-corrected chi connectivity index (χ4v) is 7.11. The Hall–Kier alpha value is -6.88. The Labute approximate surface area is 361 Å². The number of hydrogen-bond acceptors (Lipinski definition) is 17. The van der Waals surface area contributed by atoms with E-state index in [-0.39, 0.29) is 54.5 Å². The van der Waals surface area contributed by atoms with E-state index in [9.17, 15) is 32.4 Å². The predicted molar refractivity (Wildman–Crippen MR) is 224 cm³/mol. The maximum absolute atomic E-state index is 12.5. The van der Waals surface area contributed by atoms with Gasteiger partial charge in [-0.2, -0.15) is 8.42 Å². The maximum atomic E-state index is 12.5. The zero-order valence-electron chi connectivity index (χ0n) is 34.5. The standard InChI is InChI=1S/C24H29N5O6.C17H17N3O7S/c1-16(23(31)33-2)28-11-9-27(10-12-28)14-19-15-29(24(32)35-19)18-7-5-17(6-8-18)21(25)26-22(30)20-4-3-13-34-20;1-28(23,24)26-10-13-9-20(17(22)27-13)12-6-4-11(5-7-12)15(18)19-16(21)14-3-2-8-25-14/h3-8,13,16,19H,9-12,14-15H2,1-2H3,(H2,25,26,30);2-8,13H,9-10H2,1H3,(H2,18,19,21). The van der Waals surface area contributed by atoms with Crippen LogP contribution >= 0.6 is 0 Å². The Morgan fingerprint density at radius 3 is 1.63 bits per heavy atom. The van der Waals surface area contributed by atoms with E-state index in [4.69, 9.17) is 33.9 Å². The molecule has 4 amide bonds. The van der Waals surface area contributed by atoms with Gasteiger partial charge in [-0.05, 0) is 79.7 Å². The van der Waals surface area contributed by atoms with E-state index in [2.05, 4.69) is 24.6 Å². The number of cyclic esters (lactones) is 2. The van der Waals surface area contributed by atoms with Gasteiger partial charge in [0.05, 0.1) is 39.0 Å². The summed E-state index contributed by atoms with van der Waals surface area (Å²) in [6, 6.07) is 19.0. The van der Waals surface area contributed by atoms with Crippen LogP contribution in [0.3, 0.4) is 0 Å². The second kappa shape index (κ2) is 20.3. The molecule has 21 nitrogen and oxygen atoms in total. The Kier molecular flexibility index (Phi) is 14.7. The molecule has 3 aliphatic heterocycles. The molecule has 2 aromatic heterocycles. The van der Waals surface area contributed by atoms with Gasteiger partial charge >= 0.3 is 18.2 Å². The van der Waals surface area contributed by atoms with Crippen LogP contribution in [0, 0.1) is 10.8 Å². The lowest BCUT2D eigenvalue weighted by molar-refractivity contribution is -0.147. The third-order valence-corrected chi connectivity index (χ3v) is 10.6. The van der Waals surface area contributed by atoms with Crippen LogP contribution in [0.25, 0.3) is 0 Å². The van der Waals surface area contributed by atoms with E-state index in [1.54, 1.807) is 65.6 Å². The molecular formula is C41H46N8O13S. The second-order valence-corrected chi connectivity index (χ2v) is 16.1. The van der Waals surface area contributed by atoms with Crippen LogP contribution in [0.5, 0.6) is 0 Å². The van der Waals surface area contributed by atoms with Crippen molar-refractivity contribution in [3.63, 3.8) is 0 Å². The minimum absolute atomic E-state index is 0.0690. The van der Waals surface area contributed by atoms with Gasteiger partial charge in [0, 0.05) is 55.2 Å². The Balaban J connectivity index is 0.000000215. The van der Waals surface area contributed by atoms with Gasteiger partial charge in [-0.3, -0.25) is 49.0 Å². The highest BCUT2D eigenvalue weighted by atomic mass is 32.2. The first-order valence-corrected chi connectivity index (χ1v) is 21.3. The molecule has 3 aliphatic rings. The number of piperazine rings is 1. The van der Waals surface area contributed by atoms with E-state index < -0.39 is 40.2 Å². The number of anilines is 2. The normalized spacial score (nSPS) is 18.4. The molecule has 2 aromatic carbocycles. The summed E-state index contributed by atoms with van der Waals surface area (Å²) in [5.74, 6) is -1.27. The number of nitrogens with one attached hydrogen (secondary N) is 4. The number of methoxy groups -OCH3 is 1. The molecule has 334 valence electrons. The first kappa shape index (κ1) is 45.6. The van der Waals surface area contributed by atoms with Crippen molar-refractivity contribution >= 4 is 63.1 Å². The molecule has 63 heavy (non-hydrogen) atoms. The maximum Gasteiger partial charge on any atom is 0.414 e. The molecule has 0 bridgehead atoms. The summed E-state index contributed by atoms with van der Waals surface area (Å²) in [5.41, 5.74) is 2.08. The molecule has 3 fully saturated rings. The van der Waals surface area contributed by atoms with E-state index in [0.29, 0.717) is 35.6 Å². The molecule has 0 saturated carbocycles. The lowest BCUT2D eigenvalue weighted by Gasteiger charge is -2.37. The number of nitrogens with zero attached hydrogens (tertiary/aromatic N) is 4. The molecule has 5 heterocycles. The third-order valence-electron chi connectivity index (χ3n) is 10.1. The fraction of sp³-hybridized carbons (Fsp3) is 0.341. The van der Waals surface area contributed by atoms with Crippen LogP contribution in [-0.4, -0.2) is 144 Å². The van der Waals surface area contributed by atoms with Crippen molar-refractivity contribution in [3.8, 4) is 0 Å². The summed E-state index contributed by atoms with van der Waals surface area (Å²) in [4.78, 5) is 67.4. The number of benzene rings is 2. The van der Waals surface area contributed by atoms with Crippen LogP contribution in [-0.2, 0) is 33.3 Å². The number of amides is 4. The summed E-state index contributed by atoms with van der Waals surface area (Å²) in [7, 11) is -2.23. The van der Waals surface area contributed by atoms with Crippen molar-refractivity contribution < 1.29 is 59.6 Å². The van der Waals surface area contributed by atoms with Crippen molar-refractivity contribution in [3.05, 3.63) is 108 Å². The Bertz CT molecular complexity index is 2380. The van der Waals surface area contributed by atoms with Crippen molar-refractivity contribution in [2.24, 2.45) is 0 Å². The molecule has 4 aromatic rings. The SMILES string of the molecule is COC(=O)C(C)N1CCN(CC2CN(c3ccc(C(=N)NC(=O)c4ccco4)cc3)C(=O)O2)CC1.CS(=O)(=O)OCC1CN(c2ccc(C(=N)NC(=O)c3ccco3)cc2)C(=O)O1. The van der Waals surface area contributed by atoms with Gasteiger partial charge in [-0.25, -0.2) is 9.59 Å². The second-order valence-electron chi connectivity index (χ2n) is 14.5. The van der Waals surface area contributed by atoms with Crippen LogP contribution in [0.4, 0.5) is 21.0 Å². The van der Waals surface area contributed by atoms with Crippen molar-refractivity contribution in [1.29, 1.82) is 10.8 Å². The zero-order valence-corrected chi connectivity index (χ0v) is 35.3. The molecule has 0 radical (unpaired) electrons. The van der Waals surface area contributed by atoms with E-state index >= 15 is 0 Å². The fourth-order valence-electron chi connectivity index (χ4n) is 6.71. The van der Waals surface area contributed by atoms with Gasteiger partial charge < -0.3 is 33.7 Å². The largest absolute Gasteiger partial charge is 0.468 e. The van der Waals surface area contributed by atoms with Gasteiger partial charge in [-0.15, -0.1) is 0 Å². The number of hydrogen-bond donors (Lipinski definition) is 4. The number of carbonyl (C=O) groups is 5. The zero-order chi connectivity index (χ0) is 45.3. The summed E-state index contributed by atoms with van der Waals surface area (Å²) >= 11 is 0. The lowest BCUT2D eigenvalue weighted by atomic mass is 10.1. The molecule has 4 N–H and O–H groups in total. The number of amidine groups is 2. The monoisotopic (exact) mass is 890 g/mol. The number of carbonyl (C=O) groups excluding carboxylic acids is 5. The van der Waals surface area contributed by atoms with Gasteiger partial charge in [0.15, 0.2) is 11.5 Å². The van der Waals surface area contributed by atoms with Crippen molar-refractivity contribution in [2.75, 3.05) is 75.6 Å². The van der Waals surface area contributed by atoms with E-state index in [1.165, 1.54) is 36.7 Å². The topological polar surface area (TPSA) is 267 Å². The predicted octanol–water partition coefficient (Wildman–Crippen LogP) is 2.88. The molecule has 3 atom stereocenters. The van der Waals surface area contributed by atoms with Gasteiger partial charge in [0.25, 0.3) is 21.9 Å². The number of rotatable bonds is 13. The quantitative estimate of drug-likeness (QED) is 0.0494. The highest BCUT2D eigenvalue weighted by molar-refractivity contribution is 7.85. The minimum atomic E-state index is -3.63. The van der Waals surface area contributed by atoms with E-state index in [1.807, 2.05) is 6.92 Å². The molecular weight excluding hydrogens is 845 g/mol. The van der Waals surface area contributed by atoms with E-state index in [0.717, 1.165) is 32.4 Å². The van der Waals surface area contributed by atoms with Gasteiger partial charge in [0.1, 0.15) is 36.5 Å². The average Bonchev–Trinajstić information content (AvgIpc) is 4.12. The molecule has 0 spiro atoms. The molecule has 7 rings (SSSR count). The van der Waals surface area contributed by atoms with Gasteiger partial charge in [-0.1, -0.05) is 0 Å². The van der Waals surface area contributed by atoms with Crippen LogP contribution in [0.2, 0.25) is 0 Å². The number of furan rings is 2. The smallest absolute Gasteiger partial charge is 0.414 e. The Morgan fingerprint density at radius 2 is 1.21 bits per heavy atom. The average molecular weight is 891 g/mol. The van der Waals surface area contributed by atoms with Crippen molar-refractivity contribution in [1.82, 2.24) is 20.4 Å². The van der Waals surface area contributed by atoms with Gasteiger partial charge in [0.2, 0.25) is 0 Å². The molecule has 22 heteroatoms. The summed E-state index contributed by atoms with van der Waals surface area (Å²) < 4.78 is 52.2. The van der Waals surface area contributed by atoms with Crippen LogP contribution in [0.15, 0.2) is 94.2 Å². The minimum Gasteiger partial charge on any atom is -0.468 e. The van der Waals surface area contributed by atoms with Crippen molar-refractivity contribution in [2.45, 2.75) is 25.2 Å². The third kappa shape index (κ3) is 12.2. The lowest BCUT2D eigenvalue weighted by Crippen LogP contribution is -2.53. The summed E-state index contributed by atoms with van der Waals surface area (Å²) in [6.07, 6.45) is 1.64. The molecule has 3 unspecified atom stereocenters. The first-order valence-electron chi connectivity index (χ1n) is 19.5. The highest BCUT2D eigenvalue weighted by Crippen LogP contribution is 2.24. The van der Waals surface area contributed by atoms with Crippen LogP contribution in [0.1, 0.15) is 39.2 Å². The summed E-state index contributed by atoms with van der Waals surface area (Å²) in [6.45, 7) is 5.77. The molecule has 0 aliphatic carbocycles.